The Kier molecular flexibility index (Phi) is 5.60. The van der Waals surface area contributed by atoms with Crippen LogP contribution in [0.3, 0.4) is 0 Å². The summed E-state index contributed by atoms with van der Waals surface area (Å²) in [6.45, 7) is 3.90. The Hall–Kier alpha value is -3.09. The molecule has 0 saturated carbocycles. The van der Waals surface area contributed by atoms with E-state index in [1.54, 1.807) is 37.6 Å². The number of methoxy groups -OCH3 is 1. The Labute approximate surface area is 184 Å². The number of fused-ring (bicyclic) bond motifs is 1. The molecule has 1 aromatic heterocycles. The van der Waals surface area contributed by atoms with Gasteiger partial charge in [0.15, 0.2) is 5.82 Å². The fourth-order valence-electron chi connectivity index (χ4n) is 3.26. The third-order valence-corrected chi connectivity index (χ3v) is 6.67. The van der Waals surface area contributed by atoms with Gasteiger partial charge in [-0.15, -0.1) is 0 Å². The molecular formula is C21H21ClN5O3P. The molecule has 0 atom stereocenters. The summed E-state index contributed by atoms with van der Waals surface area (Å²) in [6.07, 6.45) is 1.47. The van der Waals surface area contributed by atoms with E-state index < -0.39 is 7.14 Å². The largest absolute Gasteiger partial charge is 0.495 e. The number of ether oxygens (including phenoxy) is 1. The van der Waals surface area contributed by atoms with Crippen molar-refractivity contribution in [2.24, 2.45) is 0 Å². The molecule has 0 fully saturated rings. The molecule has 1 aliphatic heterocycles. The first kappa shape index (κ1) is 21.2. The molecule has 2 heterocycles. The van der Waals surface area contributed by atoms with E-state index in [4.69, 9.17) is 16.3 Å². The van der Waals surface area contributed by atoms with Crippen LogP contribution in [0.4, 0.5) is 23.1 Å². The predicted molar refractivity (Wildman–Crippen MR) is 123 cm³/mol. The summed E-state index contributed by atoms with van der Waals surface area (Å²) in [5, 5.41) is 10.1. The maximum Gasteiger partial charge on any atom is 0.254 e. The topological polar surface area (TPSA) is 105 Å². The first-order valence-corrected chi connectivity index (χ1v) is 12.4. The minimum Gasteiger partial charge on any atom is -0.495 e. The Bertz CT molecular complexity index is 1230. The van der Waals surface area contributed by atoms with Crippen molar-refractivity contribution >= 4 is 53.1 Å². The predicted octanol–water partition coefficient (Wildman–Crippen LogP) is 4.12. The van der Waals surface area contributed by atoms with Crippen LogP contribution < -0.4 is 26.0 Å². The molecule has 1 amide bonds. The van der Waals surface area contributed by atoms with Crippen LogP contribution in [0.1, 0.15) is 15.9 Å². The van der Waals surface area contributed by atoms with E-state index in [1.165, 1.54) is 13.3 Å². The van der Waals surface area contributed by atoms with Gasteiger partial charge < -0.3 is 25.3 Å². The van der Waals surface area contributed by atoms with E-state index in [0.29, 0.717) is 45.4 Å². The Morgan fingerprint density at radius 1 is 1.16 bits per heavy atom. The molecule has 0 bridgehead atoms. The van der Waals surface area contributed by atoms with Gasteiger partial charge in [0.05, 0.1) is 30.2 Å². The fraction of sp³-hybridized carbons (Fsp3) is 0.190. The van der Waals surface area contributed by atoms with Crippen LogP contribution in [0, 0.1) is 0 Å². The summed E-state index contributed by atoms with van der Waals surface area (Å²) < 4.78 is 17.8. The van der Waals surface area contributed by atoms with Crippen molar-refractivity contribution in [2.45, 2.75) is 6.54 Å². The van der Waals surface area contributed by atoms with Crippen LogP contribution in [0.5, 0.6) is 5.75 Å². The number of aromatic nitrogens is 2. The van der Waals surface area contributed by atoms with Gasteiger partial charge in [-0.1, -0.05) is 23.7 Å². The average molecular weight is 458 g/mol. The molecule has 0 unspecified atom stereocenters. The van der Waals surface area contributed by atoms with Crippen molar-refractivity contribution in [3.63, 3.8) is 0 Å². The van der Waals surface area contributed by atoms with Gasteiger partial charge in [-0.25, -0.2) is 4.98 Å². The minimum atomic E-state index is -2.42. The molecule has 160 valence electrons. The van der Waals surface area contributed by atoms with Crippen LogP contribution in [-0.2, 0) is 11.1 Å². The smallest absolute Gasteiger partial charge is 0.254 e. The molecule has 4 rings (SSSR count). The second-order valence-corrected chi connectivity index (χ2v) is 11.0. The molecule has 8 nitrogen and oxygen atoms in total. The van der Waals surface area contributed by atoms with Gasteiger partial charge in [-0.2, -0.15) is 4.98 Å². The molecule has 0 saturated heterocycles. The second-order valence-electron chi connectivity index (χ2n) is 7.40. The SMILES string of the molecule is COc1cc(P(C)(C)=O)ccc1Nc1ncc(Cl)c(Nc2cccc3c2C(=O)NC3)n1. The zero-order valence-corrected chi connectivity index (χ0v) is 18.8. The number of halogens is 1. The van der Waals surface area contributed by atoms with Crippen molar-refractivity contribution in [1.29, 1.82) is 0 Å². The van der Waals surface area contributed by atoms with E-state index in [9.17, 15) is 9.36 Å². The highest BCUT2D eigenvalue weighted by atomic mass is 35.5. The van der Waals surface area contributed by atoms with Gasteiger partial charge >= 0.3 is 0 Å². The quantitative estimate of drug-likeness (QED) is 0.478. The molecular weight excluding hydrogens is 437 g/mol. The number of nitrogens with zero attached hydrogens (tertiary/aromatic N) is 2. The monoisotopic (exact) mass is 457 g/mol. The van der Waals surface area contributed by atoms with E-state index in [-0.39, 0.29) is 11.9 Å². The van der Waals surface area contributed by atoms with Crippen LogP contribution >= 0.6 is 18.7 Å². The molecule has 0 spiro atoms. The highest BCUT2D eigenvalue weighted by Gasteiger charge is 2.23. The van der Waals surface area contributed by atoms with Gasteiger partial charge in [0.25, 0.3) is 5.91 Å². The number of amides is 1. The van der Waals surface area contributed by atoms with Crippen LogP contribution in [0.2, 0.25) is 5.02 Å². The number of hydrogen-bond acceptors (Lipinski definition) is 7. The summed E-state index contributed by atoms with van der Waals surface area (Å²) in [7, 11) is -0.886. The van der Waals surface area contributed by atoms with Gasteiger partial charge in [-0.3, -0.25) is 4.79 Å². The van der Waals surface area contributed by atoms with Gasteiger partial charge in [0.2, 0.25) is 5.95 Å². The Morgan fingerprint density at radius 2 is 1.97 bits per heavy atom. The van der Waals surface area contributed by atoms with Crippen LogP contribution in [0.15, 0.2) is 42.6 Å². The van der Waals surface area contributed by atoms with Crippen molar-refractivity contribution in [1.82, 2.24) is 15.3 Å². The highest BCUT2D eigenvalue weighted by molar-refractivity contribution is 7.70. The summed E-state index contributed by atoms with van der Waals surface area (Å²) in [5.74, 6) is 1.02. The molecule has 0 radical (unpaired) electrons. The molecule has 3 aromatic rings. The third kappa shape index (κ3) is 4.36. The highest BCUT2D eigenvalue weighted by Crippen LogP contribution is 2.38. The molecule has 10 heteroatoms. The minimum absolute atomic E-state index is 0.143. The van der Waals surface area contributed by atoms with Crippen molar-refractivity contribution in [2.75, 3.05) is 31.1 Å². The van der Waals surface area contributed by atoms with Crippen molar-refractivity contribution in [3.05, 3.63) is 58.7 Å². The first-order chi connectivity index (χ1) is 14.8. The lowest BCUT2D eigenvalue weighted by Gasteiger charge is -2.15. The normalized spacial score (nSPS) is 12.8. The number of hydrogen-bond donors (Lipinski definition) is 3. The van der Waals surface area contributed by atoms with E-state index >= 15 is 0 Å². The molecule has 3 N–H and O–H groups in total. The number of rotatable bonds is 6. The van der Waals surface area contributed by atoms with E-state index in [0.717, 1.165) is 5.56 Å². The second kappa shape index (κ2) is 8.21. The summed E-state index contributed by atoms with van der Waals surface area (Å²) >= 11 is 6.29. The number of carbonyl (C=O) groups is 1. The van der Waals surface area contributed by atoms with Crippen LogP contribution in [0.25, 0.3) is 0 Å². The van der Waals surface area contributed by atoms with E-state index in [1.807, 2.05) is 12.1 Å². The van der Waals surface area contributed by atoms with Crippen molar-refractivity contribution < 1.29 is 14.1 Å². The van der Waals surface area contributed by atoms with Gasteiger partial charge in [0, 0.05) is 11.8 Å². The molecule has 0 aliphatic carbocycles. The lowest BCUT2D eigenvalue weighted by atomic mass is 10.1. The Morgan fingerprint density at radius 3 is 2.71 bits per heavy atom. The zero-order valence-electron chi connectivity index (χ0n) is 17.2. The van der Waals surface area contributed by atoms with Gasteiger partial charge in [0.1, 0.15) is 17.9 Å². The molecule has 31 heavy (non-hydrogen) atoms. The standard InChI is InChI=1S/C21H21ClN5O3P/c1-30-17-9-13(31(2,3)29)7-8-15(17)26-21-24-11-14(22)19(27-21)25-16-6-4-5-12-10-23-20(28)18(12)16/h4-9,11H,10H2,1-3H3,(H,23,28)(H2,24,25,26,27). The summed E-state index contributed by atoms with van der Waals surface area (Å²) in [6, 6.07) is 10.9. The van der Waals surface area contributed by atoms with E-state index in [2.05, 4.69) is 25.9 Å². The van der Waals surface area contributed by atoms with Gasteiger partial charge in [-0.05, 0) is 43.2 Å². The fourth-order valence-corrected chi connectivity index (χ4v) is 4.26. The number of anilines is 4. The zero-order chi connectivity index (χ0) is 22.2. The number of benzene rings is 2. The molecule has 1 aliphatic rings. The maximum atomic E-state index is 12.4. The molecule has 2 aromatic carbocycles. The third-order valence-electron chi connectivity index (χ3n) is 4.87. The summed E-state index contributed by atoms with van der Waals surface area (Å²) in [5.41, 5.74) is 2.72. The lowest BCUT2D eigenvalue weighted by molar-refractivity contribution is 0.0966. The lowest BCUT2D eigenvalue weighted by Crippen LogP contribution is -2.13. The number of nitrogens with one attached hydrogen (secondary N) is 3. The number of carbonyl (C=O) groups excluding carboxylic acids is 1. The average Bonchev–Trinajstić information content (AvgIpc) is 3.12. The van der Waals surface area contributed by atoms with Crippen molar-refractivity contribution in [3.8, 4) is 5.75 Å². The van der Waals surface area contributed by atoms with Crippen LogP contribution in [-0.4, -0.2) is 36.3 Å². The maximum absolute atomic E-state index is 12.4. The summed E-state index contributed by atoms with van der Waals surface area (Å²) in [4.78, 5) is 20.9. The first-order valence-electron chi connectivity index (χ1n) is 9.46. The Balaban J connectivity index is 1.63.